The maximum atomic E-state index is 11.3. The van der Waals surface area contributed by atoms with Crippen LogP contribution in [0.4, 0.5) is 4.79 Å². The lowest BCUT2D eigenvalue weighted by Gasteiger charge is -2.11. The molecule has 1 saturated heterocycles. The summed E-state index contributed by atoms with van der Waals surface area (Å²) in [4.78, 5) is 45.1. The van der Waals surface area contributed by atoms with Gasteiger partial charge in [0.05, 0.1) is 20.1 Å². The summed E-state index contributed by atoms with van der Waals surface area (Å²) in [5.41, 5.74) is 0. The summed E-state index contributed by atoms with van der Waals surface area (Å²) < 4.78 is 4.38. The topological polar surface area (TPSA) is 105 Å². The highest BCUT2D eigenvalue weighted by atomic mass is 16.5. The van der Waals surface area contributed by atoms with Gasteiger partial charge >= 0.3 is 12.0 Å². The molecule has 4 amide bonds. The van der Waals surface area contributed by atoms with Gasteiger partial charge < -0.3 is 15.4 Å². The van der Waals surface area contributed by atoms with Gasteiger partial charge in [0.15, 0.2) is 0 Å². The van der Waals surface area contributed by atoms with Crippen LogP contribution in [0.1, 0.15) is 6.42 Å². The molecule has 8 heteroatoms. The van der Waals surface area contributed by atoms with Crippen LogP contribution in [0.25, 0.3) is 0 Å². The molecule has 0 bridgehead atoms. The van der Waals surface area contributed by atoms with Gasteiger partial charge in [-0.05, 0) is 0 Å². The largest absolute Gasteiger partial charge is 0.469 e. The highest BCUT2D eigenvalue weighted by Crippen LogP contribution is 1.97. The Bertz CT molecular complexity index is 339. The van der Waals surface area contributed by atoms with E-state index >= 15 is 0 Å². The molecule has 0 aromatic carbocycles. The van der Waals surface area contributed by atoms with Crippen molar-refractivity contribution in [2.75, 3.05) is 26.7 Å². The standard InChI is InChI=1S/C9H13N3O5/c1-17-8(15)2-3-10-6(13)5-12-7(14)4-11-9(12)16/h2-5H2,1H3,(H,10,13)(H,11,16). The smallest absolute Gasteiger partial charge is 0.325 e. The molecular formula is C9H13N3O5. The summed E-state index contributed by atoms with van der Waals surface area (Å²) in [7, 11) is 1.25. The van der Waals surface area contributed by atoms with Gasteiger partial charge in [-0.2, -0.15) is 0 Å². The van der Waals surface area contributed by atoms with Crippen molar-refractivity contribution in [3.63, 3.8) is 0 Å². The molecule has 94 valence electrons. The van der Waals surface area contributed by atoms with Gasteiger partial charge in [-0.15, -0.1) is 0 Å². The molecule has 1 heterocycles. The first-order chi connectivity index (χ1) is 8.04. The fourth-order valence-corrected chi connectivity index (χ4v) is 1.22. The van der Waals surface area contributed by atoms with E-state index in [4.69, 9.17) is 0 Å². The molecule has 2 N–H and O–H groups in total. The van der Waals surface area contributed by atoms with Crippen LogP contribution in [0.3, 0.4) is 0 Å². The van der Waals surface area contributed by atoms with Gasteiger partial charge in [-0.1, -0.05) is 0 Å². The zero-order chi connectivity index (χ0) is 12.8. The van der Waals surface area contributed by atoms with Crippen LogP contribution in [0.2, 0.25) is 0 Å². The van der Waals surface area contributed by atoms with Gasteiger partial charge in [-0.3, -0.25) is 19.3 Å². The molecule has 1 aliphatic heterocycles. The van der Waals surface area contributed by atoms with Crippen molar-refractivity contribution in [1.82, 2.24) is 15.5 Å². The molecule has 0 saturated carbocycles. The first-order valence-corrected chi connectivity index (χ1v) is 4.96. The Morgan fingerprint density at radius 2 is 2.18 bits per heavy atom. The number of imide groups is 1. The van der Waals surface area contributed by atoms with E-state index in [0.29, 0.717) is 0 Å². The van der Waals surface area contributed by atoms with E-state index in [-0.39, 0.29) is 26.1 Å². The molecular weight excluding hydrogens is 230 g/mol. The first kappa shape index (κ1) is 12.9. The van der Waals surface area contributed by atoms with E-state index in [1.807, 2.05) is 0 Å². The summed E-state index contributed by atoms with van der Waals surface area (Å²) in [6, 6.07) is -0.585. The van der Waals surface area contributed by atoms with Crippen LogP contribution < -0.4 is 10.6 Å². The Hall–Kier alpha value is -2.12. The average molecular weight is 243 g/mol. The lowest BCUT2D eigenvalue weighted by molar-refractivity contribution is -0.140. The highest BCUT2D eigenvalue weighted by Gasteiger charge is 2.29. The monoisotopic (exact) mass is 243 g/mol. The number of esters is 1. The Kier molecular flexibility index (Phi) is 4.44. The number of hydrogen-bond donors (Lipinski definition) is 2. The van der Waals surface area contributed by atoms with Crippen molar-refractivity contribution >= 4 is 23.8 Å². The SMILES string of the molecule is COC(=O)CCNC(=O)CN1C(=O)CNC1=O. The number of hydrogen-bond acceptors (Lipinski definition) is 5. The minimum absolute atomic E-state index is 0.0440. The summed E-state index contributed by atoms with van der Waals surface area (Å²) in [5.74, 6) is -1.39. The Morgan fingerprint density at radius 1 is 1.47 bits per heavy atom. The van der Waals surface area contributed by atoms with Crippen molar-refractivity contribution in [3.8, 4) is 0 Å². The van der Waals surface area contributed by atoms with Crippen molar-refractivity contribution in [2.24, 2.45) is 0 Å². The molecule has 0 atom stereocenters. The summed E-state index contributed by atoms with van der Waals surface area (Å²) in [6.07, 6.45) is 0.0440. The lowest BCUT2D eigenvalue weighted by Crippen LogP contribution is -2.41. The van der Waals surface area contributed by atoms with Crippen LogP contribution in [-0.2, 0) is 19.1 Å². The van der Waals surface area contributed by atoms with Gasteiger partial charge in [0, 0.05) is 6.54 Å². The number of nitrogens with one attached hydrogen (secondary N) is 2. The predicted molar refractivity (Wildman–Crippen MR) is 54.8 cm³/mol. The highest BCUT2D eigenvalue weighted by molar-refractivity contribution is 6.04. The predicted octanol–water partition coefficient (Wildman–Crippen LogP) is -1.78. The number of carbonyl (C=O) groups is 4. The molecule has 0 unspecified atom stereocenters. The molecule has 1 rings (SSSR count). The molecule has 0 aromatic heterocycles. The number of carbonyl (C=O) groups excluding carboxylic acids is 4. The second-order valence-electron chi connectivity index (χ2n) is 3.31. The molecule has 17 heavy (non-hydrogen) atoms. The minimum Gasteiger partial charge on any atom is -0.469 e. The van der Waals surface area contributed by atoms with E-state index in [2.05, 4.69) is 15.4 Å². The van der Waals surface area contributed by atoms with Crippen LogP contribution in [0.5, 0.6) is 0 Å². The maximum absolute atomic E-state index is 11.3. The molecule has 0 radical (unpaired) electrons. The number of ether oxygens (including phenoxy) is 1. The normalized spacial score (nSPS) is 14.5. The number of methoxy groups -OCH3 is 1. The first-order valence-electron chi connectivity index (χ1n) is 4.96. The van der Waals surface area contributed by atoms with E-state index in [9.17, 15) is 19.2 Å². The second-order valence-corrected chi connectivity index (χ2v) is 3.31. The van der Waals surface area contributed by atoms with Crippen LogP contribution in [0, 0.1) is 0 Å². The zero-order valence-electron chi connectivity index (χ0n) is 9.32. The summed E-state index contributed by atoms with van der Waals surface area (Å²) >= 11 is 0. The Labute approximate surface area is 97.3 Å². The minimum atomic E-state index is -0.585. The summed E-state index contributed by atoms with van der Waals surface area (Å²) in [6.45, 7) is -0.324. The molecule has 8 nitrogen and oxygen atoms in total. The van der Waals surface area contributed by atoms with E-state index in [0.717, 1.165) is 4.90 Å². The van der Waals surface area contributed by atoms with Crippen LogP contribution in [0.15, 0.2) is 0 Å². The van der Waals surface area contributed by atoms with E-state index in [1.54, 1.807) is 0 Å². The van der Waals surface area contributed by atoms with Crippen molar-refractivity contribution in [3.05, 3.63) is 0 Å². The molecule has 0 aromatic rings. The van der Waals surface area contributed by atoms with E-state index in [1.165, 1.54) is 7.11 Å². The van der Waals surface area contributed by atoms with Crippen LogP contribution >= 0.6 is 0 Å². The van der Waals surface area contributed by atoms with Gasteiger partial charge in [0.2, 0.25) is 5.91 Å². The van der Waals surface area contributed by atoms with Crippen molar-refractivity contribution < 1.29 is 23.9 Å². The molecule has 0 spiro atoms. The zero-order valence-corrected chi connectivity index (χ0v) is 9.32. The van der Waals surface area contributed by atoms with Crippen molar-refractivity contribution in [2.45, 2.75) is 6.42 Å². The fraction of sp³-hybridized carbons (Fsp3) is 0.556. The van der Waals surface area contributed by atoms with Gasteiger partial charge in [-0.25, -0.2) is 4.79 Å². The second kappa shape index (κ2) is 5.83. The van der Waals surface area contributed by atoms with Crippen molar-refractivity contribution in [1.29, 1.82) is 0 Å². The molecule has 1 aliphatic rings. The fourth-order valence-electron chi connectivity index (χ4n) is 1.22. The average Bonchev–Trinajstić information content (AvgIpc) is 2.60. The number of nitrogens with zero attached hydrogens (tertiary/aromatic N) is 1. The number of rotatable bonds is 5. The number of urea groups is 1. The third kappa shape index (κ3) is 3.74. The third-order valence-corrected chi connectivity index (χ3v) is 2.12. The quantitative estimate of drug-likeness (QED) is 0.438. The van der Waals surface area contributed by atoms with E-state index < -0.39 is 23.8 Å². The Balaban J connectivity index is 2.27. The molecule has 1 fully saturated rings. The summed E-state index contributed by atoms with van der Waals surface area (Å²) in [5, 5.41) is 4.69. The van der Waals surface area contributed by atoms with Gasteiger partial charge in [0.25, 0.3) is 5.91 Å². The van der Waals surface area contributed by atoms with Crippen LogP contribution in [-0.4, -0.2) is 55.5 Å². The van der Waals surface area contributed by atoms with Gasteiger partial charge in [0.1, 0.15) is 6.54 Å². The maximum Gasteiger partial charge on any atom is 0.325 e. The number of amides is 4. The molecule has 0 aliphatic carbocycles. The lowest BCUT2D eigenvalue weighted by atomic mass is 10.4. The Morgan fingerprint density at radius 3 is 2.71 bits per heavy atom. The third-order valence-electron chi connectivity index (χ3n) is 2.12.